The van der Waals surface area contributed by atoms with Crippen molar-refractivity contribution in [1.29, 1.82) is 0 Å². The number of nitrogens with one attached hydrogen (secondary N) is 2. The SMILES string of the molecule is CNC(=O)[C@H](CC(C)C)NC(=O)C(CC(C)C)C[P+](=O)OC. The Hall–Kier alpha value is -1.00. The predicted octanol–water partition coefficient (Wildman–Crippen LogP) is 2.31. The number of amides is 2. The molecule has 128 valence electrons. The summed E-state index contributed by atoms with van der Waals surface area (Å²) in [6, 6.07) is -0.562. The van der Waals surface area contributed by atoms with Crippen LogP contribution in [0.15, 0.2) is 0 Å². The van der Waals surface area contributed by atoms with Gasteiger partial charge in [-0.2, -0.15) is 0 Å². The largest absolute Gasteiger partial charge is 0.508 e. The Morgan fingerprint density at radius 2 is 1.59 bits per heavy atom. The Morgan fingerprint density at radius 3 is 2.00 bits per heavy atom. The van der Waals surface area contributed by atoms with E-state index in [0.29, 0.717) is 18.8 Å². The first-order chi connectivity index (χ1) is 10.2. The molecule has 2 amide bonds. The molecular weight excluding hydrogens is 303 g/mol. The van der Waals surface area contributed by atoms with E-state index in [0.717, 1.165) is 0 Å². The van der Waals surface area contributed by atoms with Crippen LogP contribution in [-0.4, -0.2) is 38.2 Å². The Kier molecular flexibility index (Phi) is 10.2. The smallest absolute Gasteiger partial charge is 0.357 e. The Morgan fingerprint density at radius 1 is 1.05 bits per heavy atom. The second kappa shape index (κ2) is 10.7. The lowest BCUT2D eigenvalue weighted by molar-refractivity contribution is -0.131. The van der Waals surface area contributed by atoms with E-state index in [9.17, 15) is 14.2 Å². The Bertz CT molecular complexity index is 386. The van der Waals surface area contributed by atoms with Crippen LogP contribution in [0, 0.1) is 17.8 Å². The van der Waals surface area contributed by atoms with Crippen molar-refractivity contribution < 1.29 is 18.7 Å². The van der Waals surface area contributed by atoms with Crippen LogP contribution in [0.1, 0.15) is 40.5 Å². The molecule has 3 atom stereocenters. The van der Waals surface area contributed by atoms with Gasteiger partial charge in [-0.05, 0) is 29.2 Å². The van der Waals surface area contributed by atoms with Gasteiger partial charge < -0.3 is 10.6 Å². The quantitative estimate of drug-likeness (QED) is 0.601. The first kappa shape index (κ1) is 21.0. The fourth-order valence-electron chi connectivity index (χ4n) is 2.25. The van der Waals surface area contributed by atoms with Gasteiger partial charge in [0, 0.05) is 7.05 Å². The van der Waals surface area contributed by atoms with Crippen LogP contribution in [0.2, 0.25) is 0 Å². The average molecular weight is 333 g/mol. The highest BCUT2D eigenvalue weighted by Gasteiger charge is 2.32. The summed E-state index contributed by atoms with van der Waals surface area (Å²) in [5.41, 5.74) is 0. The fraction of sp³-hybridized carbons (Fsp3) is 0.867. The predicted molar refractivity (Wildman–Crippen MR) is 87.9 cm³/mol. The van der Waals surface area contributed by atoms with E-state index in [-0.39, 0.29) is 23.9 Å². The zero-order chi connectivity index (χ0) is 17.3. The monoisotopic (exact) mass is 333 g/mol. The summed E-state index contributed by atoms with van der Waals surface area (Å²) in [7, 11) is 1.07. The van der Waals surface area contributed by atoms with Gasteiger partial charge in [0.05, 0.1) is 13.0 Å². The molecule has 0 aliphatic carbocycles. The van der Waals surface area contributed by atoms with E-state index < -0.39 is 20.0 Å². The van der Waals surface area contributed by atoms with Crippen LogP contribution in [0.25, 0.3) is 0 Å². The zero-order valence-corrected chi connectivity index (χ0v) is 15.4. The van der Waals surface area contributed by atoms with Crippen LogP contribution in [0.5, 0.6) is 0 Å². The van der Waals surface area contributed by atoms with E-state index in [2.05, 4.69) is 10.6 Å². The third-order valence-corrected chi connectivity index (χ3v) is 4.43. The maximum absolute atomic E-state index is 12.5. The lowest BCUT2D eigenvalue weighted by Gasteiger charge is -2.22. The third kappa shape index (κ3) is 8.44. The first-order valence-corrected chi connectivity index (χ1v) is 9.08. The zero-order valence-electron chi connectivity index (χ0n) is 14.5. The number of likely N-dealkylation sites (N-methyl/N-ethyl adjacent to an activating group) is 1. The van der Waals surface area contributed by atoms with Crippen LogP contribution in [0.4, 0.5) is 0 Å². The van der Waals surface area contributed by atoms with Gasteiger partial charge in [-0.25, -0.2) is 0 Å². The van der Waals surface area contributed by atoms with Gasteiger partial charge in [-0.3, -0.25) is 9.59 Å². The summed E-state index contributed by atoms with van der Waals surface area (Å²) in [5.74, 6) is -0.283. The minimum absolute atomic E-state index is 0.179. The van der Waals surface area contributed by atoms with Gasteiger partial charge in [-0.15, -0.1) is 4.52 Å². The topological polar surface area (TPSA) is 84.5 Å². The molecule has 22 heavy (non-hydrogen) atoms. The van der Waals surface area contributed by atoms with Crippen LogP contribution >= 0.6 is 8.03 Å². The van der Waals surface area contributed by atoms with Gasteiger partial charge in [0.25, 0.3) is 0 Å². The molecule has 0 aliphatic rings. The fourth-order valence-corrected chi connectivity index (χ4v) is 3.08. The van der Waals surface area contributed by atoms with Crippen LogP contribution in [-0.2, 0) is 18.7 Å². The first-order valence-electron chi connectivity index (χ1n) is 7.71. The number of hydrogen-bond acceptors (Lipinski definition) is 4. The van der Waals surface area contributed by atoms with Gasteiger partial charge >= 0.3 is 8.03 Å². The summed E-state index contributed by atoms with van der Waals surface area (Å²) in [6.45, 7) is 8.00. The lowest BCUT2D eigenvalue weighted by Crippen LogP contribution is -2.48. The second-order valence-electron chi connectivity index (χ2n) is 6.33. The molecule has 0 saturated heterocycles. The minimum Gasteiger partial charge on any atom is -0.357 e. The molecule has 0 fully saturated rings. The molecule has 0 aromatic carbocycles. The minimum atomic E-state index is -1.85. The molecule has 0 bridgehead atoms. The van der Waals surface area contributed by atoms with Crippen molar-refractivity contribution in [3.63, 3.8) is 0 Å². The van der Waals surface area contributed by atoms with Gasteiger partial charge in [0.15, 0.2) is 6.16 Å². The van der Waals surface area contributed by atoms with Crippen molar-refractivity contribution in [3.8, 4) is 0 Å². The summed E-state index contributed by atoms with van der Waals surface area (Å²) in [5, 5.41) is 5.37. The maximum atomic E-state index is 12.5. The molecule has 0 rings (SSSR count). The molecular formula is C15H30N2O4P+. The number of carbonyl (C=O) groups excluding carboxylic acids is 2. The highest BCUT2D eigenvalue weighted by atomic mass is 31.1. The van der Waals surface area contributed by atoms with E-state index in [1.54, 1.807) is 7.05 Å². The number of hydrogen-bond donors (Lipinski definition) is 2. The molecule has 7 heteroatoms. The molecule has 0 radical (unpaired) electrons. The van der Waals surface area contributed by atoms with Crippen LogP contribution < -0.4 is 10.6 Å². The molecule has 6 nitrogen and oxygen atoms in total. The van der Waals surface area contributed by atoms with Gasteiger partial charge in [0.2, 0.25) is 11.8 Å². The summed E-state index contributed by atoms with van der Waals surface area (Å²) in [4.78, 5) is 24.4. The number of carbonyl (C=O) groups is 2. The van der Waals surface area contributed by atoms with Crippen molar-refractivity contribution in [3.05, 3.63) is 0 Å². The number of rotatable bonds is 10. The summed E-state index contributed by atoms with van der Waals surface area (Å²) < 4.78 is 16.4. The highest BCUT2D eigenvalue weighted by molar-refractivity contribution is 7.39. The molecule has 0 aromatic heterocycles. The lowest BCUT2D eigenvalue weighted by atomic mass is 9.96. The summed E-state index contributed by atoms with van der Waals surface area (Å²) >= 11 is 0. The molecule has 0 spiro atoms. The maximum Gasteiger partial charge on any atom is 0.508 e. The highest BCUT2D eigenvalue weighted by Crippen LogP contribution is 2.28. The molecule has 0 heterocycles. The molecule has 0 saturated carbocycles. The van der Waals surface area contributed by atoms with Crippen LogP contribution in [0.3, 0.4) is 0 Å². The van der Waals surface area contributed by atoms with Crippen molar-refractivity contribution in [1.82, 2.24) is 10.6 Å². The van der Waals surface area contributed by atoms with E-state index >= 15 is 0 Å². The Balaban J connectivity index is 4.93. The molecule has 0 aromatic rings. The van der Waals surface area contributed by atoms with Gasteiger partial charge in [0.1, 0.15) is 6.04 Å². The van der Waals surface area contributed by atoms with Crippen molar-refractivity contribution in [2.45, 2.75) is 46.6 Å². The second-order valence-corrected chi connectivity index (χ2v) is 7.73. The van der Waals surface area contributed by atoms with Gasteiger partial charge in [-0.1, -0.05) is 27.7 Å². The van der Waals surface area contributed by atoms with E-state index in [1.165, 1.54) is 7.11 Å². The van der Waals surface area contributed by atoms with E-state index in [4.69, 9.17) is 4.52 Å². The van der Waals surface area contributed by atoms with Crippen molar-refractivity contribution in [2.75, 3.05) is 20.3 Å². The van der Waals surface area contributed by atoms with Crippen molar-refractivity contribution in [2.24, 2.45) is 17.8 Å². The normalized spacial score (nSPS) is 14.6. The molecule has 2 N–H and O–H groups in total. The summed E-state index contributed by atoms with van der Waals surface area (Å²) in [6.07, 6.45) is 1.35. The average Bonchev–Trinajstić information content (AvgIpc) is 2.43. The van der Waals surface area contributed by atoms with E-state index in [1.807, 2.05) is 27.7 Å². The molecule has 2 unspecified atom stereocenters. The molecule has 0 aliphatic heterocycles. The standard InChI is InChI=1S/C15H29N2O4P/c1-10(2)7-12(9-22(20)21-6)14(18)17-13(8-11(3)4)15(19)16-5/h10-13H,7-9H2,1-6H3,(H-,16,17,18,19)/p+1/t12?,13-/m0/s1. The van der Waals surface area contributed by atoms with Crippen molar-refractivity contribution >= 4 is 19.8 Å². The third-order valence-electron chi connectivity index (χ3n) is 3.29. The Labute approximate surface area is 134 Å².